The summed E-state index contributed by atoms with van der Waals surface area (Å²) in [6.45, 7) is 0.526. The normalized spacial score (nSPS) is 10.9. The fourth-order valence-electron chi connectivity index (χ4n) is 1.29. The fourth-order valence-corrected chi connectivity index (χ4v) is 2.20. The van der Waals surface area contributed by atoms with Gasteiger partial charge in [0.15, 0.2) is 0 Å². The lowest BCUT2D eigenvalue weighted by Crippen LogP contribution is -2.09. The van der Waals surface area contributed by atoms with Gasteiger partial charge >= 0.3 is 0 Å². The molecule has 0 radical (unpaired) electrons. The van der Waals surface area contributed by atoms with E-state index in [0.717, 1.165) is 0 Å². The molecule has 0 aliphatic rings. The van der Waals surface area contributed by atoms with E-state index in [2.05, 4.69) is 5.32 Å². The summed E-state index contributed by atoms with van der Waals surface area (Å²) < 4.78 is 21.8. The van der Waals surface area contributed by atoms with Crippen LogP contribution in [0.2, 0.25) is 5.02 Å². The number of benzene rings is 1. The van der Waals surface area contributed by atoms with Gasteiger partial charge in [-0.2, -0.15) is 5.26 Å². The van der Waals surface area contributed by atoms with Crippen LogP contribution in [0.15, 0.2) is 18.2 Å². The second-order valence-electron chi connectivity index (χ2n) is 3.72. The number of nitrogens with zero attached hydrogens (tertiary/aromatic N) is 1. The monoisotopic (exact) mass is 272 g/mol. The molecule has 0 atom stereocenters. The number of halogens is 1. The van der Waals surface area contributed by atoms with Crippen LogP contribution in [0, 0.1) is 11.3 Å². The van der Waals surface area contributed by atoms with Crippen LogP contribution >= 0.6 is 11.6 Å². The van der Waals surface area contributed by atoms with E-state index < -0.39 is 9.84 Å². The lowest BCUT2D eigenvalue weighted by Gasteiger charge is -2.07. The lowest BCUT2D eigenvalue weighted by molar-refractivity contribution is 0.600. The van der Waals surface area contributed by atoms with Gasteiger partial charge in [-0.3, -0.25) is 0 Å². The minimum atomic E-state index is -2.92. The summed E-state index contributed by atoms with van der Waals surface area (Å²) in [6, 6.07) is 6.93. The van der Waals surface area contributed by atoms with Crippen molar-refractivity contribution >= 4 is 27.1 Å². The molecule has 1 N–H and O–H groups in total. The molecule has 1 aromatic rings. The molecule has 1 aromatic carbocycles. The maximum Gasteiger partial charge on any atom is 0.147 e. The molecule has 1 rings (SSSR count). The highest BCUT2D eigenvalue weighted by Gasteiger charge is 2.03. The first-order valence-electron chi connectivity index (χ1n) is 5.03. The average molecular weight is 273 g/mol. The minimum absolute atomic E-state index is 0.147. The summed E-state index contributed by atoms with van der Waals surface area (Å²) in [6.07, 6.45) is 1.73. The second-order valence-corrected chi connectivity index (χ2v) is 6.38. The zero-order valence-corrected chi connectivity index (χ0v) is 11.0. The van der Waals surface area contributed by atoms with Gasteiger partial charge in [0.05, 0.1) is 28.1 Å². The van der Waals surface area contributed by atoms with Crippen molar-refractivity contribution in [1.29, 1.82) is 5.26 Å². The van der Waals surface area contributed by atoms with Crippen molar-refractivity contribution in [3.05, 3.63) is 28.8 Å². The van der Waals surface area contributed by atoms with Gasteiger partial charge in [0, 0.05) is 12.8 Å². The molecule has 92 valence electrons. The smallest absolute Gasteiger partial charge is 0.147 e. The maximum absolute atomic E-state index is 10.9. The molecule has 0 saturated carbocycles. The van der Waals surface area contributed by atoms with Crippen molar-refractivity contribution in [1.82, 2.24) is 0 Å². The molecule has 0 aliphatic carbocycles. The number of nitriles is 1. The Hall–Kier alpha value is -1.25. The van der Waals surface area contributed by atoms with Gasteiger partial charge in [-0.15, -0.1) is 0 Å². The van der Waals surface area contributed by atoms with Crippen molar-refractivity contribution < 1.29 is 8.42 Å². The van der Waals surface area contributed by atoms with Gasteiger partial charge in [0.2, 0.25) is 0 Å². The molecule has 0 unspecified atom stereocenters. The van der Waals surface area contributed by atoms with Crippen LogP contribution in [0.5, 0.6) is 0 Å². The summed E-state index contributed by atoms with van der Waals surface area (Å²) in [4.78, 5) is 0. The molecule has 0 saturated heterocycles. The van der Waals surface area contributed by atoms with Crippen LogP contribution in [-0.2, 0) is 9.84 Å². The van der Waals surface area contributed by atoms with Crippen molar-refractivity contribution in [2.45, 2.75) is 6.42 Å². The SMILES string of the molecule is CS(=O)(=O)CCCNc1ccc(C#N)cc1Cl. The Morgan fingerprint density at radius 1 is 1.47 bits per heavy atom. The van der Waals surface area contributed by atoms with Gasteiger partial charge in [-0.05, 0) is 24.6 Å². The van der Waals surface area contributed by atoms with Gasteiger partial charge in [-0.1, -0.05) is 11.6 Å². The number of sulfone groups is 1. The first-order chi connectivity index (χ1) is 7.92. The third-order valence-corrected chi connectivity index (χ3v) is 3.45. The molecular weight excluding hydrogens is 260 g/mol. The van der Waals surface area contributed by atoms with Gasteiger partial charge < -0.3 is 5.32 Å². The predicted octanol–water partition coefficient (Wildman–Crippen LogP) is 2.06. The Morgan fingerprint density at radius 3 is 2.71 bits per heavy atom. The molecule has 17 heavy (non-hydrogen) atoms. The molecule has 4 nitrogen and oxygen atoms in total. The van der Waals surface area contributed by atoms with Gasteiger partial charge in [-0.25, -0.2) is 8.42 Å². The van der Waals surface area contributed by atoms with Crippen LogP contribution in [0.25, 0.3) is 0 Å². The Kier molecular flexibility index (Phi) is 4.79. The number of hydrogen-bond acceptors (Lipinski definition) is 4. The van der Waals surface area contributed by atoms with Crippen LogP contribution in [-0.4, -0.2) is 27.0 Å². The van der Waals surface area contributed by atoms with Crippen LogP contribution in [0.1, 0.15) is 12.0 Å². The van der Waals surface area contributed by atoms with Crippen LogP contribution in [0.3, 0.4) is 0 Å². The molecule has 0 aromatic heterocycles. The van der Waals surface area contributed by atoms with Crippen molar-refractivity contribution in [2.75, 3.05) is 23.9 Å². The van der Waals surface area contributed by atoms with E-state index in [9.17, 15) is 8.42 Å². The van der Waals surface area contributed by atoms with E-state index in [0.29, 0.717) is 29.2 Å². The van der Waals surface area contributed by atoms with E-state index in [1.807, 2.05) is 6.07 Å². The quantitative estimate of drug-likeness (QED) is 0.833. The van der Waals surface area contributed by atoms with Crippen molar-refractivity contribution in [3.63, 3.8) is 0 Å². The van der Waals surface area contributed by atoms with Crippen molar-refractivity contribution in [2.24, 2.45) is 0 Å². The van der Waals surface area contributed by atoms with E-state index in [1.165, 1.54) is 6.26 Å². The highest BCUT2D eigenvalue weighted by molar-refractivity contribution is 7.90. The number of hydrogen-bond donors (Lipinski definition) is 1. The average Bonchev–Trinajstić information content (AvgIpc) is 2.24. The summed E-state index contributed by atoms with van der Waals surface area (Å²) in [5.74, 6) is 0.147. The Bertz CT molecular complexity index is 535. The highest BCUT2D eigenvalue weighted by Crippen LogP contribution is 2.22. The topological polar surface area (TPSA) is 70.0 Å². The molecule has 0 bridgehead atoms. The zero-order valence-electron chi connectivity index (χ0n) is 9.40. The standard InChI is InChI=1S/C11H13ClN2O2S/c1-17(15,16)6-2-5-14-11-4-3-9(8-13)7-10(11)12/h3-4,7,14H,2,5-6H2,1H3. The predicted molar refractivity (Wildman–Crippen MR) is 69.0 cm³/mol. The van der Waals surface area contributed by atoms with E-state index in [4.69, 9.17) is 16.9 Å². The lowest BCUT2D eigenvalue weighted by atomic mass is 10.2. The van der Waals surface area contributed by atoms with Crippen molar-refractivity contribution in [3.8, 4) is 6.07 Å². The number of rotatable bonds is 5. The third kappa shape index (κ3) is 5.07. The minimum Gasteiger partial charge on any atom is -0.384 e. The molecule has 0 heterocycles. The molecule has 0 fully saturated rings. The highest BCUT2D eigenvalue weighted by atomic mass is 35.5. The molecular formula is C11H13ClN2O2S. The van der Waals surface area contributed by atoms with Gasteiger partial charge in [0.1, 0.15) is 9.84 Å². The third-order valence-electron chi connectivity index (χ3n) is 2.11. The molecule has 0 aliphatic heterocycles. The van der Waals surface area contributed by atoms with Crippen LogP contribution < -0.4 is 5.32 Å². The molecule has 0 amide bonds. The van der Waals surface area contributed by atoms with E-state index in [-0.39, 0.29) is 5.75 Å². The largest absolute Gasteiger partial charge is 0.384 e. The summed E-state index contributed by atoms with van der Waals surface area (Å²) in [5.41, 5.74) is 1.20. The fraction of sp³-hybridized carbons (Fsp3) is 0.364. The summed E-state index contributed by atoms with van der Waals surface area (Å²) in [7, 11) is -2.92. The zero-order chi connectivity index (χ0) is 12.9. The van der Waals surface area contributed by atoms with Crippen LogP contribution in [0.4, 0.5) is 5.69 Å². The Labute approximate surface area is 106 Å². The maximum atomic E-state index is 10.9. The first-order valence-corrected chi connectivity index (χ1v) is 7.47. The van der Waals surface area contributed by atoms with Gasteiger partial charge in [0.25, 0.3) is 0 Å². The Balaban J connectivity index is 2.51. The van der Waals surface area contributed by atoms with E-state index >= 15 is 0 Å². The number of anilines is 1. The number of nitrogens with one attached hydrogen (secondary N) is 1. The summed E-state index contributed by atoms with van der Waals surface area (Å²) in [5, 5.41) is 12.2. The summed E-state index contributed by atoms with van der Waals surface area (Å²) >= 11 is 5.95. The second kappa shape index (κ2) is 5.89. The Morgan fingerprint density at radius 2 is 2.18 bits per heavy atom. The first kappa shape index (κ1) is 13.8. The van der Waals surface area contributed by atoms with E-state index in [1.54, 1.807) is 18.2 Å². The molecule has 0 spiro atoms. The molecule has 6 heteroatoms.